The molecule has 3 nitrogen and oxygen atoms in total. The van der Waals surface area contributed by atoms with Crippen LogP contribution in [0.25, 0.3) is 0 Å². The molecule has 0 aliphatic carbocycles. The highest BCUT2D eigenvalue weighted by molar-refractivity contribution is 6.74. The second-order valence-electron chi connectivity index (χ2n) is 6.96. The Morgan fingerprint density at radius 1 is 1.12 bits per heavy atom. The molecule has 0 spiro atoms. The average Bonchev–Trinajstić information content (AvgIpc) is 1.95. The largest absolute Gasteiger partial charge is 0.479 e. The van der Waals surface area contributed by atoms with Crippen LogP contribution in [0.3, 0.4) is 0 Å². The van der Waals surface area contributed by atoms with Gasteiger partial charge in [-0.05, 0) is 23.5 Å². The number of carboxylic acids is 1. The zero-order valence-corrected chi connectivity index (χ0v) is 12.8. The highest BCUT2D eigenvalue weighted by Gasteiger charge is 2.44. The average molecular weight is 246 g/mol. The quantitative estimate of drug-likeness (QED) is 0.775. The van der Waals surface area contributed by atoms with Crippen LogP contribution in [0, 0.1) is 5.41 Å². The highest BCUT2D eigenvalue weighted by atomic mass is 28.4. The van der Waals surface area contributed by atoms with E-state index in [1.54, 1.807) is 0 Å². The van der Waals surface area contributed by atoms with Crippen LogP contribution >= 0.6 is 0 Å². The van der Waals surface area contributed by atoms with E-state index in [0.29, 0.717) is 0 Å². The monoisotopic (exact) mass is 246 g/mol. The number of aliphatic carboxylic acids is 1. The van der Waals surface area contributed by atoms with Crippen molar-refractivity contribution in [1.82, 2.24) is 0 Å². The standard InChI is InChI=1S/C12H26O3Si/c1-11(2,3)9(10(13)14)15-16(7,8)12(4,5)6/h9H,1-8H3,(H,13,14)/t9-/m0/s1. The molecule has 1 atom stereocenters. The Kier molecular flexibility index (Phi) is 4.39. The summed E-state index contributed by atoms with van der Waals surface area (Å²) in [6, 6.07) is 0. The minimum absolute atomic E-state index is 0.0337. The molecule has 4 heteroatoms. The summed E-state index contributed by atoms with van der Waals surface area (Å²) >= 11 is 0. The number of hydrogen-bond donors (Lipinski definition) is 1. The second-order valence-corrected chi connectivity index (χ2v) is 11.7. The summed E-state index contributed by atoms with van der Waals surface area (Å²) < 4.78 is 5.97. The van der Waals surface area contributed by atoms with Crippen molar-refractivity contribution in [3.05, 3.63) is 0 Å². The summed E-state index contributed by atoms with van der Waals surface area (Å²) in [5.41, 5.74) is -0.374. The van der Waals surface area contributed by atoms with Crippen LogP contribution in [0.5, 0.6) is 0 Å². The lowest BCUT2D eigenvalue weighted by Gasteiger charge is -2.41. The predicted octanol–water partition coefficient (Wildman–Crippen LogP) is 3.51. The lowest BCUT2D eigenvalue weighted by Crippen LogP contribution is -2.50. The van der Waals surface area contributed by atoms with Gasteiger partial charge in [-0.3, -0.25) is 0 Å². The van der Waals surface area contributed by atoms with Crippen molar-refractivity contribution in [3.63, 3.8) is 0 Å². The van der Waals surface area contributed by atoms with Crippen LogP contribution in [0.1, 0.15) is 41.5 Å². The first-order valence-electron chi connectivity index (χ1n) is 5.69. The van der Waals surface area contributed by atoms with Gasteiger partial charge >= 0.3 is 5.97 Å². The lowest BCUT2D eigenvalue weighted by atomic mass is 9.89. The summed E-state index contributed by atoms with van der Waals surface area (Å²) in [5.74, 6) is -0.864. The van der Waals surface area contributed by atoms with E-state index >= 15 is 0 Å². The predicted molar refractivity (Wildman–Crippen MR) is 69.2 cm³/mol. The van der Waals surface area contributed by atoms with Gasteiger partial charge in [0.25, 0.3) is 0 Å². The van der Waals surface area contributed by atoms with E-state index < -0.39 is 20.4 Å². The van der Waals surface area contributed by atoms with E-state index in [4.69, 9.17) is 4.43 Å². The van der Waals surface area contributed by atoms with E-state index in [2.05, 4.69) is 33.9 Å². The van der Waals surface area contributed by atoms with Crippen LogP contribution in [0.15, 0.2) is 0 Å². The van der Waals surface area contributed by atoms with Crippen molar-refractivity contribution in [3.8, 4) is 0 Å². The molecule has 0 amide bonds. The van der Waals surface area contributed by atoms with Crippen molar-refractivity contribution in [2.45, 2.75) is 65.8 Å². The number of carboxylic acid groups (broad SMARTS) is 1. The maximum absolute atomic E-state index is 11.2. The van der Waals surface area contributed by atoms with Crippen molar-refractivity contribution in [2.24, 2.45) is 5.41 Å². The van der Waals surface area contributed by atoms with Crippen LogP contribution in [0.4, 0.5) is 0 Å². The molecule has 0 aliphatic rings. The molecule has 0 aliphatic heterocycles. The molecule has 0 radical (unpaired) electrons. The van der Waals surface area contributed by atoms with Gasteiger partial charge < -0.3 is 9.53 Å². The molecule has 0 aromatic carbocycles. The van der Waals surface area contributed by atoms with Gasteiger partial charge in [0, 0.05) is 0 Å². The number of hydrogen-bond acceptors (Lipinski definition) is 2. The third-order valence-corrected chi connectivity index (χ3v) is 7.67. The molecule has 0 rings (SSSR count). The van der Waals surface area contributed by atoms with Gasteiger partial charge in [-0.1, -0.05) is 41.5 Å². The summed E-state index contributed by atoms with van der Waals surface area (Å²) in [7, 11) is -2.02. The Bertz CT molecular complexity index is 258. The second kappa shape index (κ2) is 4.49. The Hall–Kier alpha value is -0.353. The van der Waals surface area contributed by atoms with Gasteiger partial charge in [0.2, 0.25) is 0 Å². The van der Waals surface area contributed by atoms with Crippen LogP contribution in [0.2, 0.25) is 18.1 Å². The molecule has 0 aromatic rings. The summed E-state index contributed by atoms with van der Waals surface area (Å²) in [5, 5.41) is 9.27. The van der Waals surface area contributed by atoms with Gasteiger partial charge in [0.1, 0.15) is 6.10 Å². The zero-order chi connectivity index (χ0) is 13.4. The minimum Gasteiger partial charge on any atom is -0.479 e. The van der Waals surface area contributed by atoms with E-state index in [1.807, 2.05) is 20.8 Å². The topological polar surface area (TPSA) is 46.5 Å². The molecular weight excluding hydrogens is 220 g/mol. The Morgan fingerprint density at radius 3 is 1.69 bits per heavy atom. The molecular formula is C12H26O3Si. The van der Waals surface area contributed by atoms with Crippen molar-refractivity contribution in [1.29, 1.82) is 0 Å². The molecule has 0 saturated carbocycles. The fourth-order valence-electron chi connectivity index (χ4n) is 1.07. The third-order valence-electron chi connectivity index (χ3n) is 3.23. The first-order valence-corrected chi connectivity index (χ1v) is 8.60. The summed E-state index contributed by atoms with van der Waals surface area (Å²) in [4.78, 5) is 11.2. The van der Waals surface area contributed by atoms with Gasteiger partial charge in [0.05, 0.1) is 0 Å². The Balaban J connectivity index is 4.99. The smallest absolute Gasteiger partial charge is 0.332 e. The fourth-order valence-corrected chi connectivity index (χ4v) is 2.47. The maximum atomic E-state index is 11.2. The van der Waals surface area contributed by atoms with E-state index in [-0.39, 0.29) is 10.5 Å². The van der Waals surface area contributed by atoms with Crippen LogP contribution in [-0.2, 0) is 9.22 Å². The molecule has 0 saturated heterocycles. The van der Waals surface area contributed by atoms with Gasteiger partial charge in [-0.2, -0.15) is 0 Å². The highest BCUT2D eigenvalue weighted by Crippen LogP contribution is 2.39. The molecule has 0 fully saturated rings. The van der Waals surface area contributed by atoms with Crippen molar-refractivity contribution < 1.29 is 14.3 Å². The normalized spacial score (nSPS) is 16.0. The van der Waals surface area contributed by atoms with Crippen molar-refractivity contribution >= 4 is 14.3 Å². The van der Waals surface area contributed by atoms with Gasteiger partial charge in [0.15, 0.2) is 8.32 Å². The molecule has 0 heterocycles. The molecule has 96 valence electrons. The van der Waals surface area contributed by atoms with Gasteiger partial charge in [-0.15, -0.1) is 0 Å². The van der Waals surface area contributed by atoms with E-state index in [1.165, 1.54) is 0 Å². The molecule has 0 aromatic heterocycles. The molecule has 0 unspecified atom stereocenters. The SMILES string of the molecule is CC(C)(C)[C@@H](O[Si](C)(C)C(C)(C)C)C(=O)O. The first kappa shape index (κ1) is 15.6. The summed E-state index contributed by atoms with van der Waals surface area (Å²) in [6.45, 7) is 16.2. The lowest BCUT2D eigenvalue weighted by molar-refractivity contribution is -0.151. The minimum atomic E-state index is -2.02. The molecule has 16 heavy (non-hydrogen) atoms. The maximum Gasteiger partial charge on any atom is 0.332 e. The number of carbonyl (C=O) groups is 1. The van der Waals surface area contributed by atoms with E-state index in [0.717, 1.165) is 0 Å². The van der Waals surface area contributed by atoms with E-state index in [9.17, 15) is 9.90 Å². The Morgan fingerprint density at radius 2 is 1.50 bits per heavy atom. The summed E-state index contributed by atoms with van der Waals surface area (Å²) in [6.07, 6.45) is -0.728. The Labute approximate surface area is 100 Å². The molecule has 0 bridgehead atoms. The number of rotatable bonds is 3. The van der Waals surface area contributed by atoms with Crippen LogP contribution in [-0.4, -0.2) is 25.5 Å². The van der Waals surface area contributed by atoms with Gasteiger partial charge in [-0.25, -0.2) is 4.79 Å². The zero-order valence-electron chi connectivity index (χ0n) is 11.8. The van der Waals surface area contributed by atoms with Crippen LogP contribution < -0.4 is 0 Å². The van der Waals surface area contributed by atoms with Crippen molar-refractivity contribution in [2.75, 3.05) is 0 Å². The molecule has 1 N–H and O–H groups in total. The first-order chi connectivity index (χ1) is 6.79. The fraction of sp³-hybridized carbons (Fsp3) is 0.917. The third kappa shape index (κ3) is 3.90.